The summed E-state index contributed by atoms with van der Waals surface area (Å²) in [6.45, 7) is 0. The Morgan fingerprint density at radius 2 is 1.21 bits per heavy atom. The first-order chi connectivity index (χ1) is 11.9. The number of thiophene rings is 2. The first kappa shape index (κ1) is 13.8. The normalized spacial score (nSPS) is 11.0. The van der Waals surface area contributed by atoms with Gasteiger partial charge in [0.2, 0.25) is 0 Å². The zero-order valence-corrected chi connectivity index (χ0v) is 14.4. The average molecular weight is 340 g/mol. The van der Waals surface area contributed by atoms with E-state index in [1.165, 1.54) is 29.6 Å². The molecule has 2 aromatic heterocycles. The van der Waals surface area contributed by atoms with Crippen LogP contribution in [0.25, 0.3) is 29.6 Å². The molecule has 5 rings (SSSR count). The minimum absolute atomic E-state index is 1.05. The van der Waals surface area contributed by atoms with Crippen LogP contribution >= 0.6 is 22.7 Å². The predicted molar refractivity (Wildman–Crippen MR) is 107 cm³/mol. The summed E-state index contributed by atoms with van der Waals surface area (Å²) in [7, 11) is 0. The maximum Gasteiger partial charge on any atom is 0.0542 e. The molecule has 2 heterocycles. The van der Waals surface area contributed by atoms with E-state index in [4.69, 9.17) is 0 Å². The van der Waals surface area contributed by atoms with Crippen LogP contribution in [-0.2, 0) is 0 Å². The van der Waals surface area contributed by atoms with E-state index in [0.717, 1.165) is 11.1 Å². The average Bonchev–Trinajstić information content (AvgIpc) is 3.16. The van der Waals surface area contributed by atoms with Gasteiger partial charge in [-0.1, -0.05) is 54.3 Å². The molecule has 0 N–H and O–H groups in total. The number of hydrogen-bond donors (Lipinski definition) is 0. The van der Waals surface area contributed by atoms with Gasteiger partial charge in [-0.3, -0.25) is 0 Å². The Bertz CT molecular complexity index is 1240. The van der Waals surface area contributed by atoms with Gasteiger partial charge < -0.3 is 0 Å². The fourth-order valence-corrected chi connectivity index (χ4v) is 5.64. The molecule has 2 heteroatoms. The summed E-state index contributed by atoms with van der Waals surface area (Å²) < 4.78 is 5.49. The molecule has 0 saturated heterocycles. The van der Waals surface area contributed by atoms with Crippen LogP contribution in [0, 0.1) is 11.8 Å². The SMILES string of the molecule is C(#Cc1ccc2c(c1)sc1c3ccccc3sc21)c1ccccc1. The van der Waals surface area contributed by atoms with Gasteiger partial charge in [-0.25, -0.2) is 0 Å². The van der Waals surface area contributed by atoms with E-state index in [1.54, 1.807) is 0 Å². The van der Waals surface area contributed by atoms with Gasteiger partial charge >= 0.3 is 0 Å². The van der Waals surface area contributed by atoms with Gasteiger partial charge in [0.25, 0.3) is 0 Å². The van der Waals surface area contributed by atoms with E-state index >= 15 is 0 Å². The van der Waals surface area contributed by atoms with Crippen molar-refractivity contribution in [2.45, 2.75) is 0 Å². The van der Waals surface area contributed by atoms with Crippen LogP contribution in [0.3, 0.4) is 0 Å². The van der Waals surface area contributed by atoms with Gasteiger partial charge in [0.05, 0.1) is 9.40 Å². The molecule has 0 atom stereocenters. The van der Waals surface area contributed by atoms with Crippen LogP contribution in [0.4, 0.5) is 0 Å². The van der Waals surface area contributed by atoms with E-state index in [-0.39, 0.29) is 0 Å². The Balaban J connectivity index is 1.66. The van der Waals surface area contributed by atoms with Gasteiger partial charge in [0, 0.05) is 31.3 Å². The van der Waals surface area contributed by atoms with E-state index in [0.29, 0.717) is 0 Å². The fraction of sp³-hybridized carbons (Fsp3) is 0. The van der Waals surface area contributed by atoms with E-state index in [9.17, 15) is 0 Å². The van der Waals surface area contributed by atoms with Gasteiger partial charge in [-0.2, -0.15) is 0 Å². The second kappa shape index (κ2) is 5.49. The topological polar surface area (TPSA) is 0 Å². The summed E-state index contributed by atoms with van der Waals surface area (Å²) in [4.78, 5) is 0. The van der Waals surface area contributed by atoms with Crippen molar-refractivity contribution in [3.63, 3.8) is 0 Å². The molecule has 0 amide bonds. The van der Waals surface area contributed by atoms with Crippen LogP contribution in [0.15, 0.2) is 72.8 Å². The lowest BCUT2D eigenvalue weighted by atomic mass is 10.1. The Hall–Kier alpha value is -2.60. The largest absolute Gasteiger partial charge is 0.134 e. The molecule has 0 aliphatic heterocycles. The molecule has 0 spiro atoms. The lowest BCUT2D eigenvalue weighted by Crippen LogP contribution is -1.75. The van der Waals surface area contributed by atoms with Crippen molar-refractivity contribution in [3.8, 4) is 11.8 Å². The Morgan fingerprint density at radius 1 is 0.542 bits per heavy atom. The van der Waals surface area contributed by atoms with Gasteiger partial charge in [0.15, 0.2) is 0 Å². The summed E-state index contributed by atoms with van der Waals surface area (Å²) in [5.41, 5.74) is 2.13. The van der Waals surface area contributed by atoms with Crippen LogP contribution < -0.4 is 0 Å². The van der Waals surface area contributed by atoms with E-state index < -0.39 is 0 Å². The molecular formula is C22H12S2. The molecule has 0 fully saturated rings. The predicted octanol–water partition coefficient (Wildman–Crippen LogP) is 6.67. The van der Waals surface area contributed by atoms with Crippen LogP contribution in [-0.4, -0.2) is 0 Å². The Labute approximate surface area is 148 Å². The highest BCUT2D eigenvalue weighted by Gasteiger charge is 2.11. The second-order valence-corrected chi connectivity index (χ2v) is 7.79. The maximum absolute atomic E-state index is 3.29. The van der Waals surface area contributed by atoms with Crippen molar-refractivity contribution in [1.29, 1.82) is 0 Å². The first-order valence-corrected chi connectivity index (χ1v) is 9.43. The van der Waals surface area contributed by atoms with Crippen LogP contribution in [0.1, 0.15) is 11.1 Å². The number of rotatable bonds is 0. The van der Waals surface area contributed by atoms with Crippen molar-refractivity contribution in [2.24, 2.45) is 0 Å². The molecule has 24 heavy (non-hydrogen) atoms. The monoisotopic (exact) mass is 340 g/mol. The van der Waals surface area contributed by atoms with Crippen molar-refractivity contribution in [3.05, 3.63) is 83.9 Å². The highest BCUT2D eigenvalue weighted by Crippen LogP contribution is 2.44. The quantitative estimate of drug-likeness (QED) is 0.276. The minimum Gasteiger partial charge on any atom is -0.134 e. The lowest BCUT2D eigenvalue weighted by Gasteiger charge is -1.93. The fourth-order valence-electron chi connectivity index (χ4n) is 2.95. The molecule has 0 nitrogen and oxygen atoms in total. The summed E-state index contributed by atoms with van der Waals surface area (Å²) in [5.74, 6) is 6.53. The molecule has 5 aromatic rings. The first-order valence-electron chi connectivity index (χ1n) is 7.79. The smallest absolute Gasteiger partial charge is 0.0542 e. The van der Waals surface area contributed by atoms with Crippen molar-refractivity contribution in [1.82, 2.24) is 0 Å². The van der Waals surface area contributed by atoms with E-state index in [2.05, 4.69) is 54.3 Å². The number of hydrogen-bond acceptors (Lipinski definition) is 2. The number of fused-ring (bicyclic) bond motifs is 5. The minimum atomic E-state index is 1.05. The highest BCUT2D eigenvalue weighted by molar-refractivity contribution is 7.36. The molecule has 0 aliphatic rings. The lowest BCUT2D eigenvalue weighted by molar-refractivity contribution is 1.64. The van der Waals surface area contributed by atoms with Crippen molar-refractivity contribution >= 4 is 52.2 Å². The molecule has 0 aliphatic carbocycles. The standard InChI is InChI=1S/C22H12S2/c1-2-6-15(7-3-1)10-11-16-12-13-18-20(14-16)24-21-17-8-4-5-9-19(17)23-22(18)21/h1-9,12-14H. The van der Waals surface area contributed by atoms with Gasteiger partial charge in [0.1, 0.15) is 0 Å². The molecule has 3 aromatic carbocycles. The number of benzene rings is 3. The van der Waals surface area contributed by atoms with Crippen molar-refractivity contribution < 1.29 is 0 Å². The van der Waals surface area contributed by atoms with Crippen LogP contribution in [0.5, 0.6) is 0 Å². The summed E-state index contributed by atoms with van der Waals surface area (Å²) in [5, 5.41) is 2.72. The van der Waals surface area contributed by atoms with Crippen molar-refractivity contribution in [2.75, 3.05) is 0 Å². The molecule has 0 radical (unpaired) electrons. The molecule has 0 unspecified atom stereocenters. The van der Waals surface area contributed by atoms with Gasteiger partial charge in [-0.05, 0) is 30.3 Å². The molecular weight excluding hydrogens is 328 g/mol. The zero-order chi connectivity index (χ0) is 15.9. The van der Waals surface area contributed by atoms with Gasteiger partial charge in [-0.15, -0.1) is 22.7 Å². The third kappa shape index (κ3) is 2.22. The third-order valence-electron chi connectivity index (χ3n) is 4.11. The molecule has 0 bridgehead atoms. The summed E-state index contributed by atoms with van der Waals surface area (Å²) in [6.07, 6.45) is 0. The zero-order valence-electron chi connectivity index (χ0n) is 12.7. The molecule has 112 valence electrons. The van der Waals surface area contributed by atoms with Crippen LogP contribution in [0.2, 0.25) is 0 Å². The Morgan fingerprint density at radius 3 is 2.08 bits per heavy atom. The highest BCUT2D eigenvalue weighted by atomic mass is 32.1. The maximum atomic E-state index is 3.29. The summed E-state index contributed by atoms with van der Waals surface area (Å²) >= 11 is 3.76. The van der Waals surface area contributed by atoms with E-state index in [1.807, 2.05) is 53.0 Å². The summed E-state index contributed by atoms with van der Waals surface area (Å²) in [6, 6.07) is 25.4. The molecule has 0 saturated carbocycles. The third-order valence-corrected chi connectivity index (χ3v) is 6.63. The Kier molecular flexibility index (Phi) is 3.16. The second-order valence-electron chi connectivity index (χ2n) is 5.69.